The third kappa shape index (κ3) is 5.49. The van der Waals surface area contributed by atoms with Crippen LogP contribution in [0.25, 0.3) is 22.3 Å². The van der Waals surface area contributed by atoms with Crippen LogP contribution < -0.4 is 10.6 Å². The predicted octanol–water partition coefficient (Wildman–Crippen LogP) is 5.33. The Hall–Kier alpha value is -4.57. The van der Waals surface area contributed by atoms with Crippen LogP contribution in [0.4, 0.5) is 17.1 Å². The van der Waals surface area contributed by atoms with E-state index in [2.05, 4.69) is 26.7 Å². The number of amides is 2. The summed E-state index contributed by atoms with van der Waals surface area (Å²) in [5.41, 5.74) is 5.70. The monoisotopic (exact) mass is 511 g/mol. The molecule has 2 N–H and O–H groups in total. The highest BCUT2D eigenvalue weighted by atomic mass is 32.2. The molecule has 184 valence electrons. The van der Waals surface area contributed by atoms with Crippen LogP contribution in [0.15, 0.2) is 84.3 Å². The molecule has 37 heavy (non-hydrogen) atoms. The van der Waals surface area contributed by atoms with Gasteiger partial charge in [0.2, 0.25) is 11.8 Å². The van der Waals surface area contributed by atoms with Gasteiger partial charge in [0.25, 0.3) is 5.69 Å². The molecular weight excluding hydrogens is 490 g/mol. The number of thioether (sulfide) groups is 1. The number of fused-ring (bicyclic) bond motifs is 2. The van der Waals surface area contributed by atoms with Crippen molar-refractivity contribution in [1.29, 1.82) is 0 Å². The minimum atomic E-state index is -0.468. The second-order valence-electron chi connectivity index (χ2n) is 8.37. The van der Waals surface area contributed by atoms with E-state index in [-0.39, 0.29) is 17.5 Å². The highest BCUT2D eigenvalue weighted by Gasteiger charge is 2.25. The fraction of sp³-hybridized carbons (Fsp3) is 0.111. The third-order valence-corrected chi connectivity index (χ3v) is 6.94. The number of benzene rings is 2. The van der Waals surface area contributed by atoms with Crippen LogP contribution in [0, 0.1) is 10.1 Å². The van der Waals surface area contributed by atoms with Crippen LogP contribution in [-0.2, 0) is 16.0 Å². The maximum absolute atomic E-state index is 11.4. The summed E-state index contributed by atoms with van der Waals surface area (Å²) in [6.45, 7) is 0. The highest BCUT2D eigenvalue weighted by Crippen LogP contribution is 2.37. The summed E-state index contributed by atoms with van der Waals surface area (Å²) in [7, 11) is 0. The molecule has 0 bridgehead atoms. The number of rotatable bonds is 3. The predicted molar refractivity (Wildman–Crippen MR) is 142 cm³/mol. The number of carbonyl (C=O) groups is 2. The van der Waals surface area contributed by atoms with Crippen LogP contribution in [0.5, 0.6) is 0 Å². The van der Waals surface area contributed by atoms with Crippen molar-refractivity contribution in [2.75, 3.05) is 16.4 Å². The summed E-state index contributed by atoms with van der Waals surface area (Å²) in [4.78, 5) is 42.6. The van der Waals surface area contributed by atoms with Crippen molar-refractivity contribution in [2.24, 2.45) is 0 Å². The van der Waals surface area contributed by atoms with Gasteiger partial charge in [-0.25, -0.2) is 0 Å². The lowest BCUT2D eigenvalue weighted by Crippen LogP contribution is -2.20. The Morgan fingerprint density at radius 1 is 0.811 bits per heavy atom. The smallest absolute Gasteiger partial charge is 0.293 e. The maximum Gasteiger partial charge on any atom is 0.293 e. The molecule has 4 heterocycles. The number of nitro benzene ring substituents is 1. The van der Waals surface area contributed by atoms with Crippen molar-refractivity contribution in [3.63, 3.8) is 0 Å². The van der Waals surface area contributed by atoms with Gasteiger partial charge in [-0.3, -0.25) is 29.7 Å². The summed E-state index contributed by atoms with van der Waals surface area (Å²) in [6.07, 6.45) is 7.77. The van der Waals surface area contributed by atoms with Crippen molar-refractivity contribution in [1.82, 2.24) is 9.97 Å². The number of hydrogen-bond donors (Lipinski definition) is 2. The fourth-order valence-electron chi connectivity index (χ4n) is 4.11. The highest BCUT2D eigenvalue weighted by molar-refractivity contribution is 8.00. The Labute approximate surface area is 216 Å². The molecule has 10 heteroatoms. The zero-order valence-electron chi connectivity index (χ0n) is 19.5. The second-order valence-corrected chi connectivity index (χ2v) is 9.38. The number of nitrogens with zero attached hydrogens (tertiary/aromatic N) is 3. The van der Waals surface area contributed by atoms with E-state index >= 15 is 0 Å². The first-order chi connectivity index (χ1) is 18.0. The first kappa shape index (κ1) is 24.1. The minimum Gasteiger partial charge on any atom is -0.324 e. The summed E-state index contributed by atoms with van der Waals surface area (Å²) in [6, 6.07) is 17.0. The van der Waals surface area contributed by atoms with Crippen molar-refractivity contribution in [3.05, 3.63) is 95.1 Å². The molecule has 0 fully saturated rings. The van der Waals surface area contributed by atoms with Crippen LogP contribution >= 0.6 is 11.8 Å². The van der Waals surface area contributed by atoms with E-state index in [0.717, 1.165) is 38.4 Å². The molecule has 2 amide bonds. The number of hydrogen-bond acceptors (Lipinski definition) is 7. The van der Waals surface area contributed by atoms with Crippen molar-refractivity contribution >= 4 is 40.6 Å². The molecule has 2 aromatic carbocycles. The first-order valence-corrected chi connectivity index (χ1v) is 12.4. The Balaban J connectivity index is 0.000000153. The molecule has 0 spiro atoms. The number of carbonyl (C=O) groups excluding carboxylic acids is 2. The molecule has 0 aliphatic carbocycles. The molecule has 0 saturated heterocycles. The summed E-state index contributed by atoms with van der Waals surface area (Å²) >= 11 is 1.57. The topological polar surface area (TPSA) is 127 Å². The van der Waals surface area contributed by atoms with Crippen molar-refractivity contribution in [2.45, 2.75) is 17.7 Å². The fourth-order valence-corrected chi connectivity index (χ4v) is 4.95. The second kappa shape index (κ2) is 10.6. The Bertz CT molecular complexity index is 1500. The molecule has 2 aliphatic rings. The van der Waals surface area contributed by atoms with Crippen LogP contribution in [0.2, 0.25) is 0 Å². The number of nitro groups is 1. The number of aryl methyl sites for hydroxylation is 1. The minimum absolute atomic E-state index is 0.0663. The van der Waals surface area contributed by atoms with Gasteiger partial charge in [0, 0.05) is 53.3 Å². The molecule has 0 atom stereocenters. The molecule has 0 saturated carbocycles. The van der Waals surface area contributed by atoms with E-state index in [0.29, 0.717) is 24.3 Å². The average molecular weight is 512 g/mol. The lowest BCUT2D eigenvalue weighted by molar-refractivity contribution is -0.383. The molecule has 0 unspecified atom stereocenters. The zero-order chi connectivity index (χ0) is 25.8. The average Bonchev–Trinajstić information content (AvgIpc) is 2.93. The van der Waals surface area contributed by atoms with E-state index in [1.165, 1.54) is 6.07 Å². The van der Waals surface area contributed by atoms with E-state index in [1.54, 1.807) is 36.4 Å². The lowest BCUT2D eigenvalue weighted by Gasteiger charge is -2.17. The Kier molecular flexibility index (Phi) is 6.91. The van der Waals surface area contributed by atoms with E-state index in [1.807, 2.05) is 42.6 Å². The van der Waals surface area contributed by atoms with Gasteiger partial charge in [-0.2, -0.15) is 0 Å². The molecule has 9 nitrogen and oxygen atoms in total. The molecule has 0 radical (unpaired) electrons. The van der Waals surface area contributed by atoms with Gasteiger partial charge < -0.3 is 10.6 Å². The van der Waals surface area contributed by atoms with Crippen LogP contribution in [-0.4, -0.2) is 32.5 Å². The molecule has 4 aromatic rings. The molecule has 2 aliphatic heterocycles. The lowest BCUT2D eigenvalue weighted by atomic mass is 9.96. The van der Waals surface area contributed by atoms with Gasteiger partial charge in [0.05, 0.1) is 16.4 Å². The van der Waals surface area contributed by atoms with Crippen LogP contribution in [0.1, 0.15) is 12.0 Å². The number of anilines is 2. The SMILES string of the molecule is O=C1CCc2cc(-c3cccnc3)cc([N+](=O)[O-])c2N1.O=C1CSc2cc(-c3cccnc3)ccc2N1. The largest absolute Gasteiger partial charge is 0.324 e. The van der Waals surface area contributed by atoms with Gasteiger partial charge in [0.1, 0.15) is 5.69 Å². The summed E-state index contributed by atoms with van der Waals surface area (Å²) in [5.74, 6) is 0.370. The van der Waals surface area contributed by atoms with Crippen LogP contribution in [0.3, 0.4) is 0 Å². The van der Waals surface area contributed by atoms with E-state index < -0.39 is 4.92 Å². The van der Waals surface area contributed by atoms with Gasteiger partial charge in [-0.1, -0.05) is 18.2 Å². The third-order valence-electron chi connectivity index (χ3n) is 5.89. The molecular formula is C27H21N5O4S. The van der Waals surface area contributed by atoms with E-state index in [4.69, 9.17) is 0 Å². The van der Waals surface area contributed by atoms with Gasteiger partial charge in [-0.05, 0) is 53.4 Å². The van der Waals surface area contributed by atoms with E-state index in [9.17, 15) is 19.7 Å². The maximum atomic E-state index is 11.4. The quantitative estimate of drug-likeness (QED) is 0.281. The Morgan fingerprint density at radius 2 is 1.54 bits per heavy atom. The normalized spacial score (nSPS) is 13.7. The standard InChI is InChI=1S/C14H11N3O3.C13H10N2OS/c18-13-4-3-9-6-11(10-2-1-5-15-8-10)7-12(17(19)20)14(9)16-13;16-13-8-17-12-6-9(3-4-11(12)15-13)10-2-1-5-14-7-10/h1-2,5-8H,3-4H2,(H,16,18);1-7H,8H2,(H,15,16). The van der Waals surface area contributed by atoms with Crippen molar-refractivity contribution in [3.8, 4) is 22.3 Å². The van der Waals surface area contributed by atoms with Crippen molar-refractivity contribution < 1.29 is 14.5 Å². The van der Waals surface area contributed by atoms with Gasteiger partial charge in [0.15, 0.2) is 0 Å². The molecule has 2 aromatic heterocycles. The number of pyridine rings is 2. The first-order valence-electron chi connectivity index (χ1n) is 11.5. The number of aromatic nitrogens is 2. The molecule has 6 rings (SSSR count). The zero-order valence-corrected chi connectivity index (χ0v) is 20.3. The number of nitrogens with one attached hydrogen (secondary N) is 2. The Morgan fingerprint density at radius 3 is 2.22 bits per heavy atom. The van der Waals surface area contributed by atoms with Gasteiger partial charge >= 0.3 is 0 Å². The van der Waals surface area contributed by atoms with Gasteiger partial charge in [-0.15, -0.1) is 11.8 Å². The summed E-state index contributed by atoms with van der Waals surface area (Å²) < 4.78 is 0. The summed E-state index contributed by atoms with van der Waals surface area (Å²) in [5, 5.41) is 16.7.